The van der Waals surface area contributed by atoms with Gasteiger partial charge in [-0.2, -0.15) is 0 Å². The summed E-state index contributed by atoms with van der Waals surface area (Å²) in [5.41, 5.74) is 0. The first-order valence-corrected chi connectivity index (χ1v) is 24.9. The van der Waals surface area contributed by atoms with E-state index in [9.17, 15) is 14.7 Å². The average Bonchev–Trinajstić information content (AvgIpc) is 3.19. The number of amides is 1. The van der Waals surface area contributed by atoms with Crippen molar-refractivity contribution in [2.24, 2.45) is 0 Å². The second kappa shape index (κ2) is 47.0. The topological polar surface area (TPSA) is 66.4 Å². The van der Waals surface area contributed by atoms with Crippen molar-refractivity contribution < 1.29 is 14.7 Å². The van der Waals surface area contributed by atoms with E-state index in [0.29, 0.717) is 12.2 Å². The first kappa shape index (κ1) is 53.6. The van der Waals surface area contributed by atoms with Gasteiger partial charge >= 0.3 is 0 Å². The Bertz CT molecular complexity index is 836. The Morgan fingerprint density at radius 3 is 1.16 bits per heavy atom. The Morgan fingerprint density at radius 2 is 0.745 bits per heavy atom. The lowest BCUT2D eigenvalue weighted by Gasteiger charge is -2.16. The zero-order chi connectivity index (χ0) is 40.0. The van der Waals surface area contributed by atoms with Gasteiger partial charge in [0.05, 0.1) is 12.6 Å². The summed E-state index contributed by atoms with van der Waals surface area (Å²) in [6.07, 6.45) is 59.6. The highest BCUT2D eigenvalue weighted by atomic mass is 16.3. The summed E-state index contributed by atoms with van der Waals surface area (Å²) in [4.78, 5) is 24.6. The van der Waals surface area contributed by atoms with Gasteiger partial charge < -0.3 is 10.4 Å². The van der Waals surface area contributed by atoms with E-state index in [4.69, 9.17) is 0 Å². The molecule has 324 valence electrons. The van der Waals surface area contributed by atoms with E-state index in [0.717, 1.165) is 57.8 Å². The molecule has 0 fully saturated rings. The Morgan fingerprint density at radius 1 is 0.418 bits per heavy atom. The molecule has 0 aliphatic carbocycles. The first-order valence-electron chi connectivity index (χ1n) is 24.9. The smallest absolute Gasteiger partial charge is 0.220 e. The van der Waals surface area contributed by atoms with Gasteiger partial charge in [0.2, 0.25) is 5.91 Å². The average molecular weight is 772 g/mol. The Balaban J connectivity index is 3.40. The molecule has 4 nitrogen and oxygen atoms in total. The van der Waals surface area contributed by atoms with Crippen LogP contribution in [0.2, 0.25) is 0 Å². The third-order valence-electron chi connectivity index (χ3n) is 11.5. The molecule has 0 bridgehead atoms. The van der Waals surface area contributed by atoms with E-state index < -0.39 is 0 Å². The number of hydrogen-bond acceptors (Lipinski definition) is 3. The number of nitrogens with one attached hydrogen (secondary N) is 1. The summed E-state index contributed by atoms with van der Waals surface area (Å²) in [6.45, 7) is 4.59. The van der Waals surface area contributed by atoms with Crippen LogP contribution in [0.5, 0.6) is 0 Å². The van der Waals surface area contributed by atoms with Crippen molar-refractivity contribution in [2.45, 2.75) is 283 Å². The van der Waals surface area contributed by atoms with Crippen LogP contribution in [0, 0.1) is 0 Å². The lowest BCUT2D eigenvalue weighted by Crippen LogP contribution is -2.37. The van der Waals surface area contributed by atoms with Crippen molar-refractivity contribution in [3.63, 3.8) is 0 Å². The Kier molecular flexibility index (Phi) is 45.7. The van der Waals surface area contributed by atoms with Gasteiger partial charge in [-0.1, -0.05) is 224 Å². The molecule has 0 aromatic carbocycles. The van der Waals surface area contributed by atoms with Crippen molar-refractivity contribution >= 4 is 11.7 Å². The summed E-state index contributed by atoms with van der Waals surface area (Å²) >= 11 is 0. The van der Waals surface area contributed by atoms with Gasteiger partial charge in [-0.15, -0.1) is 0 Å². The highest BCUT2D eigenvalue weighted by molar-refractivity contribution is 5.78. The van der Waals surface area contributed by atoms with Gasteiger partial charge in [-0.25, -0.2) is 0 Å². The fraction of sp³-hybridized carbons (Fsp3) is 0.882. The molecule has 0 aromatic rings. The number of rotatable bonds is 46. The van der Waals surface area contributed by atoms with Gasteiger partial charge in [0.15, 0.2) is 0 Å². The van der Waals surface area contributed by atoms with Gasteiger partial charge in [0.1, 0.15) is 5.78 Å². The summed E-state index contributed by atoms with van der Waals surface area (Å²) in [5.74, 6) is 0.599. The summed E-state index contributed by atoms with van der Waals surface area (Å²) in [6, 6.07) is -0.0712. The first-order chi connectivity index (χ1) is 27.1. The van der Waals surface area contributed by atoms with E-state index >= 15 is 0 Å². The van der Waals surface area contributed by atoms with Crippen LogP contribution in [-0.2, 0) is 9.59 Å². The molecule has 0 aliphatic heterocycles. The zero-order valence-electron chi connectivity index (χ0n) is 37.3. The van der Waals surface area contributed by atoms with E-state index in [1.165, 1.54) is 199 Å². The van der Waals surface area contributed by atoms with Crippen LogP contribution < -0.4 is 5.32 Å². The number of allylic oxidation sites excluding steroid dienone is 4. The number of aliphatic hydroxyl groups excluding tert-OH is 1. The molecule has 0 saturated carbocycles. The second-order valence-electron chi connectivity index (χ2n) is 17.1. The number of hydrogen-bond donors (Lipinski definition) is 2. The summed E-state index contributed by atoms with van der Waals surface area (Å²) < 4.78 is 0. The van der Waals surface area contributed by atoms with Crippen LogP contribution in [0.3, 0.4) is 0 Å². The van der Waals surface area contributed by atoms with E-state index in [2.05, 4.69) is 43.5 Å². The lowest BCUT2D eigenvalue weighted by molar-refractivity contribution is -0.122. The molecule has 0 radical (unpaired) electrons. The van der Waals surface area contributed by atoms with Crippen LogP contribution in [0.15, 0.2) is 24.3 Å². The van der Waals surface area contributed by atoms with E-state index in [-0.39, 0.29) is 18.6 Å². The molecule has 0 unspecified atom stereocenters. The van der Waals surface area contributed by atoms with Crippen molar-refractivity contribution in [2.75, 3.05) is 6.61 Å². The Hall–Kier alpha value is -1.42. The molecule has 0 aliphatic rings. The number of ketones is 1. The molecule has 4 heteroatoms. The second-order valence-corrected chi connectivity index (χ2v) is 17.1. The maximum atomic E-state index is 12.4. The Labute approximate surface area is 344 Å². The maximum absolute atomic E-state index is 12.4. The highest BCUT2D eigenvalue weighted by Gasteiger charge is 2.11. The SMILES string of the molecule is CCCCCC=CCC=CCCCCCCCC(=O)CCCCCCCCCCCCCCC(=O)N[C@H](CO)CCCCCCCCCCCCCCCC. The molecule has 0 aromatic heterocycles. The third kappa shape index (κ3) is 45.2. The number of carbonyl (C=O) groups is 2. The highest BCUT2D eigenvalue weighted by Crippen LogP contribution is 2.16. The molecule has 0 saturated heterocycles. The number of unbranched alkanes of at least 4 members (excludes halogenated alkanes) is 32. The fourth-order valence-electron chi connectivity index (χ4n) is 7.73. The van der Waals surface area contributed by atoms with Crippen LogP contribution >= 0.6 is 0 Å². The molecule has 0 heterocycles. The molecule has 1 amide bonds. The van der Waals surface area contributed by atoms with Crippen LogP contribution in [0.4, 0.5) is 0 Å². The van der Waals surface area contributed by atoms with Gasteiger partial charge in [0.25, 0.3) is 0 Å². The number of carbonyl (C=O) groups excluding carboxylic acids is 2. The predicted molar refractivity (Wildman–Crippen MR) is 243 cm³/mol. The van der Waals surface area contributed by atoms with Crippen molar-refractivity contribution in [3.8, 4) is 0 Å². The van der Waals surface area contributed by atoms with Crippen LogP contribution in [0.1, 0.15) is 277 Å². The fourth-order valence-corrected chi connectivity index (χ4v) is 7.73. The van der Waals surface area contributed by atoms with Gasteiger partial charge in [0, 0.05) is 19.3 Å². The quantitative estimate of drug-likeness (QED) is 0.0478. The molecule has 2 N–H and O–H groups in total. The lowest BCUT2D eigenvalue weighted by atomic mass is 10.0. The maximum Gasteiger partial charge on any atom is 0.220 e. The van der Waals surface area contributed by atoms with Crippen molar-refractivity contribution in [1.29, 1.82) is 0 Å². The largest absolute Gasteiger partial charge is 0.394 e. The standard InChI is InChI=1S/C51H97NO3/c1-3-5-7-9-11-13-15-17-19-21-25-29-33-37-41-45-50(54)46-42-38-34-30-26-22-23-27-31-35-39-43-47-51(55)52-49(48-53)44-40-36-32-28-24-20-18-16-14-12-10-8-6-4-2/h11,13,17,19,49,53H,3-10,12,14-16,18,20-48H2,1-2H3,(H,52,55)/t49-/m0/s1. The zero-order valence-corrected chi connectivity index (χ0v) is 37.3. The molecular weight excluding hydrogens is 675 g/mol. The van der Waals surface area contributed by atoms with Crippen molar-refractivity contribution in [1.82, 2.24) is 5.32 Å². The minimum absolute atomic E-state index is 0.0566. The van der Waals surface area contributed by atoms with E-state index in [1.807, 2.05) is 0 Å². The molecule has 55 heavy (non-hydrogen) atoms. The molecule has 1 atom stereocenters. The van der Waals surface area contributed by atoms with Gasteiger partial charge in [-0.3, -0.25) is 9.59 Å². The number of Topliss-reactive ketones (excluding diaryl/α,β-unsaturated/α-hetero) is 1. The van der Waals surface area contributed by atoms with E-state index in [1.54, 1.807) is 0 Å². The third-order valence-corrected chi connectivity index (χ3v) is 11.5. The summed E-state index contributed by atoms with van der Waals surface area (Å²) in [7, 11) is 0. The summed E-state index contributed by atoms with van der Waals surface area (Å²) in [5, 5.41) is 12.8. The molecule has 0 spiro atoms. The van der Waals surface area contributed by atoms with Crippen LogP contribution in [0.25, 0.3) is 0 Å². The normalized spacial score (nSPS) is 12.3. The predicted octanol–water partition coefficient (Wildman–Crippen LogP) is 16.2. The monoisotopic (exact) mass is 772 g/mol. The molecule has 0 rings (SSSR count). The van der Waals surface area contributed by atoms with Gasteiger partial charge in [-0.05, 0) is 57.8 Å². The van der Waals surface area contributed by atoms with Crippen LogP contribution in [-0.4, -0.2) is 29.4 Å². The minimum atomic E-state index is -0.0712. The minimum Gasteiger partial charge on any atom is -0.394 e. The number of aliphatic hydroxyl groups is 1. The van der Waals surface area contributed by atoms with Crippen molar-refractivity contribution in [3.05, 3.63) is 24.3 Å². The molecular formula is C51H97NO3.